The van der Waals surface area contributed by atoms with Crippen LogP contribution in [0.1, 0.15) is 83.0 Å². The quantitative estimate of drug-likeness (QED) is 0.161. The summed E-state index contributed by atoms with van der Waals surface area (Å²) in [4.78, 5) is 4.78. The van der Waals surface area contributed by atoms with Gasteiger partial charge in [-0.2, -0.15) is 0 Å². The lowest BCUT2D eigenvalue weighted by molar-refractivity contribution is 0.149. The molecule has 0 aliphatic carbocycles. The van der Waals surface area contributed by atoms with Crippen molar-refractivity contribution in [3.05, 3.63) is 102 Å². The summed E-state index contributed by atoms with van der Waals surface area (Å²) in [6.07, 6.45) is 3.72. The summed E-state index contributed by atoms with van der Waals surface area (Å²) in [5, 5.41) is 9.86. The minimum atomic E-state index is -2.36. The van der Waals surface area contributed by atoms with E-state index in [0.717, 1.165) is 42.8 Å². The van der Waals surface area contributed by atoms with Crippen LogP contribution in [0.4, 0.5) is 14.5 Å². The third kappa shape index (κ3) is 12.7. The summed E-state index contributed by atoms with van der Waals surface area (Å²) in [7, 11) is 0. The molecule has 0 bridgehead atoms. The second kappa shape index (κ2) is 17.9. The molecule has 38 heavy (non-hydrogen) atoms. The Morgan fingerprint density at radius 3 is 2.21 bits per heavy atom. The van der Waals surface area contributed by atoms with Gasteiger partial charge in [-0.3, -0.25) is 0 Å². The van der Waals surface area contributed by atoms with Crippen LogP contribution in [0, 0.1) is 6.92 Å². The van der Waals surface area contributed by atoms with E-state index in [0.29, 0.717) is 17.2 Å². The van der Waals surface area contributed by atoms with Crippen molar-refractivity contribution in [3.63, 3.8) is 0 Å². The first-order chi connectivity index (χ1) is 18.2. The van der Waals surface area contributed by atoms with Crippen LogP contribution in [0.5, 0.6) is 0 Å². The zero-order valence-electron chi connectivity index (χ0n) is 24.0. The van der Waals surface area contributed by atoms with Gasteiger partial charge in [-0.15, -0.1) is 0 Å². The first-order valence-corrected chi connectivity index (χ1v) is 13.6. The molecule has 0 saturated carbocycles. The number of nitrogens with zero attached hydrogens (tertiary/aromatic N) is 1. The third-order valence-corrected chi connectivity index (χ3v) is 5.76. The highest BCUT2D eigenvalue weighted by molar-refractivity contribution is 5.97. The molecule has 0 radical (unpaired) electrons. The molecule has 6 heteroatoms. The number of alkyl halides is 2. The first-order valence-electron chi connectivity index (χ1n) is 13.6. The van der Waals surface area contributed by atoms with Crippen LogP contribution in [0.15, 0.2) is 90.1 Å². The fourth-order valence-corrected chi connectivity index (χ4v) is 3.57. The fraction of sp³-hybridized carbons (Fsp3) is 0.406. The number of unbranched alkanes of at least 4 members (excludes halogenated alkanes) is 3. The second-order valence-corrected chi connectivity index (χ2v) is 9.06. The van der Waals surface area contributed by atoms with E-state index in [-0.39, 0.29) is 12.5 Å². The zero-order valence-corrected chi connectivity index (χ0v) is 24.0. The van der Waals surface area contributed by atoms with Gasteiger partial charge in [0.2, 0.25) is 6.43 Å². The van der Waals surface area contributed by atoms with E-state index in [9.17, 15) is 8.78 Å². The van der Waals surface area contributed by atoms with Gasteiger partial charge in [-0.05, 0) is 62.9 Å². The van der Waals surface area contributed by atoms with Crippen LogP contribution in [-0.4, -0.2) is 12.1 Å². The lowest BCUT2D eigenvalue weighted by atomic mass is 10.1. The monoisotopic (exact) mass is 524 g/mol. The van der Waals surface area contributed by atoms with Crippen molar-refractivity contribution in [1.29, 1.82) is 0 Å². The molecule has 2 aromatic carbocycles. The van der Waals surface area contributed by atoms with E-state index in [1.165, 1.54) is 11.1 Å². The minimum absolute atomic E-state index is 0.0952. The van der Waals surface area contributed by atoms with Crippen LogP contribution in [0.2, 0.25) is 0 Å². The number of nitrogens with one attached hydrogen (secondary N) is 3. The molecule has 0 aliphatic heterocycles. The Hall–Kier alpha value is -3.41. The van der Waals surface area contributed by atoms with E-state index in [2.05, 4.69) is 80.2 Å². The van der Waals surface area contributed by atoms with Gasteiger partial charge in [0.1, 0.15) is 11.6 Å². The molecule has 3 N–H and O–H groups in total. The van der Waals surface area contributed by atoms with Crippen molar-refractivity contribution in [2.45, 2.75) is 86.1 Å². The maximum Gasteiger partial charge on any atom is 0.242 e. The predicted molar refractivity (Wildman–Crippen MR) is 161 cm³/mol. The van der Waals surface area contributed by atoms with Crippen LogP contribution in [0.25, 0.3) is 0 Å². The molecule has 0 spiro atoms. The molecule has 0 saturated heterocycles. The van der Waals surface area contributed by atoms with Crippen LogP contribution >= 0.6 is 0 Å². The Kier molecular flexibility index (Phi) is 15.4. The Labute approximate surface area is 229 Å². The van der Waals surface area contributed by atoms with Gasteiger partial charge in [0.05, 0.1) is 5.71 Å². The highest BCUT2D eigenvalue weighted by atomic mass is 19.3. The van der Waals surface area contributed by atoms with Crippen molar-refractivity contribution < 1.29 is 8.78 Å². The normalized spacial score (nSPS) is 12.3. The molecule has 1 unspecified atom stereocenters. The Morgan fingerprint density at radius 2 is 1.63 bits per heavy atom. The van der Waals surface area contributed by atoms with E-state index >= 15 is 0 Å². The number of benzene rings is 2. The largest absolute Gasteiger partial charge is 0.378 e. The number of anilines is 1. The minimum Gasteiger partial charge on any atom is -0.378 e. The van der Waals surface area contributed by atoms with Gasteiger partial charge in [0.15, 0.2) is 0 Å². The number of allylic oxidation sites excluding steroid dienone is 2. The van der Waals surface area contributed by atoms with E-state index in [4.69, 9.17) is 4.99 Å². The first kappa shape index (κ1) is 32.6. The van der Waals surface area contributed by atoms with Crippen molar-refractivity contribution in [3.8, 4) is 0 Å². The number of hydrogen-bond acceptors (Lipinski definition) is 4. The second-order valence-electron chi connectivity index (χ2n) is 9.06. The average Bonchev–Trinajstić information content (AvgIpc) is 2.88. The molecule has 0 aliphatic rings. The summed E-state index contributed by atoms with van der Waals surface area (Å²) in [5.74, 6) is 1.22. The molecular formula is C32H46F2N4. The smallest absolute Gasteiger partial charge is 0.242 e. The fourth-order valence-electron chi connectivity index (χ4n) is 3.57. The zero-order chi connectivity index (χ0) is 28.5. The van der Waals surface area contributed by atoms with Gasteiger partial charge in [0.25, 0.3) is 0 Å². The molecule has 1 atom stereocenters. The maximum atomic E-state index is 12.6. The highest BCUT2D eigenvalue weighted by Crippen LogP contribution is 2.16. The number of rotatable bonds is 15. The van der Waals surface area contributed by atoms with Crippen LogP contribution < -0.4 is 16.0 Å². The van der Waals surface area contributed by atoms with E-state index in [1.54, 1.807) is 24.3 Å². The lowest BCUT2D eigenvalue weighted by Crippen LogP contribution is -2.23. The summed E-state index contributed by atoms with van der Waals surface area (Å²) >= 11 is 0. The number of aryl methyl sites for hydroxylation is 1. The van der Waals surface area contributed by atoms with Crippen molar-refractivity contribution in [1.82, 2.24) is 10.6 Å². The van der Waals surface area contributed by atoms with E-state index in [1.807, 2.05) is 20.8 Å². The van der Waals surface area contributed by atoms with Crippen molar-refractivity contribution in [2.75, 3.05) is 5.32 Å². The van der Waals surface area contributed by atoms with Crippen molar-refractivity contribution in [2.24, 2.45) is 4.99 Å². The number of hydrogen-bond donors (Lipinski definition) is 3. The van der Waals surface area contributed by atoms with E-state index < -0.39 is 6.43 Å². The van der Waals surface area contributed by atoms with Gasteiger partial charge >= 0.3 is 0 Å². The third-order valence-electron chi connectivity index (χ3n) is 5.76. The molecule has 0 amide bonds. The molecule has 2 aromatic rings. The van der Waals surface area contributed by atoms with Crippen LogP contribution in [0.3, 0.4) is 0 Å². The highest BCUT2D eigenvalue weighted by Gasteiger charge is 2.09. The molecule has 0 aromatic heterocycles. The van der Waals surface area contributed by atoms with Gasteiger partial charge in [-0.25, -0.2) is 13.8 Å². The Balaban J connectivity index is 0.00000352. The summed E-state index contributed by atoms with van der Waals surface area (Å²) < 4.78 is 25.2. The summed E-state index contributed by atoms with van der Waals surface area (Å²) in [6.45, 7) is 20.5. The molecule has 0 heterocycles. The summed E-state index contributed by atoms with van der Waals surface area (Å²) in [5.41, 5.74) is 5.28. The van der Waals surface area contributed by atoms with Gasteiger partial charge in [-0.1, -0.05) is 88.7 Å². The maximum absolute atomic E-state index is 12.6. The lowest BCUT2D eigenvalue weighted by Gasteiger charge is -2.19. The molecule has 208 valence electrons. The molecular weight excluding hydrogens is 478 g/mol. The summed E-state index contributed by atoms with van der Waals surface area (Å²) in [6, 6.07) is 15.4. The SMILES string of the molecule is C=C(NC(=C/CCCCC)/N=C(\C)C(=C)NC(C)c1ccc(C)cc1)Nc1ccc(CC(F)F)cc1.CC. The number of aliphatic imine (C=N–C) groups is 1. The molecule has 4 nitrogen and oxygen atoms in total. The average molecular weight is 525 g/mol. The topological polar surface area (TPSA) is 48.5 Å². The van der Waals surface area contributed by atoms with Gasteiger partial charge < -0.3 is 16.0 Å². The Bertz CT molecular complexity index is 1040. The van der Waals surface area contributed by atoms with Crippen LogP contribution in [-0.2, 0) is 6.42 Å². The predicted octanol–water partition coefficient (Wildman–Crippen LogP) is 9.05. The molecule has 0 fully saturated rings. The molecule has 2 rings (SSSR count). The number of halogens is 2. The standard InChI is InChI=1S/C30H40F2N4.C2H6/c1-7-8-9-10-11-30(36-25(6)35-28-18-14-26(15-19-28)20-29(31)32)34-23(4)22(3)33-24(5)27-16-12-21(2)13-17-27;1-2/h11-19,24,29,33,35-36H,3,6-10,20H2,1-2,4-5H3;1-2H3/b30-11+,34-23+;. The van der Waals surface area contributed by atoms with Crippen molar-refractivity contribution >= 4 is 11.4 Å². The van der Waals surface area contributed by atoms with Gasteiger partial charge in [0, 0.05) is 23.8 Å². The Morgan fingerprint density at radius 1 is 1.00 bits per heavy atom.